The predicted molar refractivity (Wildman–Crippen MR) is 85.1 cm³/mol. The van der Waals surface area contributed by atoms with Crippen LogP contribution >= 0.6 is 12.4 Å². The van der Waals surface area contributed by atoms with Gasteiger partial charge in [-0.15, -0.1) is 12.4 Å². The Balaban J connectivity index is 0.00000147. The largest absolute Gasteiger partial charge is 0.464 e. The van der Waals surface area contributed by atoms with E-state index in [1.54, 1.807) is 0 Å². The molecule has 1 atom stereocenters. The van der Waals surface area contributed by atoms with Crippen LogP contribution in [-0.4, -0.2) is 24.5 Å². The topological polar surface area (TPSA) is 42.4 Å². The Hall–Kier alpha value is -1.03. The van der Waals surface area contributed by atoms with Crippen molar-refractivity contribution in [2.45, 2.75) is 25.8 Å². The second kappa shape index (κ2) is 7.11. The summed E-state index contributed by atoms with van der Waals surface area (Å²) >= 11 is 0. The van der Waals surface area contributed by atoms with Crippen molar-refractivity contribution in [1.29, 1.82) is 0 Å². The van der Waals surface area contributed by atoms with Gasteiger partial charge in [-0.25, -0.2) is 0 Å². The average Bonchev–Trinajstić information content (AvgIpc) is 2.83. The monoisotopic (exact) mass is 294 g/mol. The normalized spacial score (nSPS) is 19.9. The van der Waals surface area contributed by atoms with Crippen molar-refractivity contribution in [3.8, 4) is 0 Å². The number of likely N-dealkylation sites (tertiary alicyclic amines) is 1. The molecule has 0 aliphatic carbocycles. The maximum atomic E-state index is 5.68. The molecule has 1 aliphatic heterocycles. The van der Waals surface area contributed by atoms with Gasteiger partial charge in [-0.1, -0.05) is 18.2 Å². The molecule has 3 rings (SSSR count). The fourth-order valence-corrected chi connectivity index (χ4v) is 3.16. The van der Waals surface area contributed by atoms with E-state index in [4.69, 9.17) is 10.2 Å². The zero-order chi connectivity index (χ0) is 13.1. The molecule has 1 aromatic carbocycles. The zero-order valence-electron chi connectivity index (χ0n) is 11.8. The first-order valence-electron chi connectivity index (χ1n) is 7.24. The molecule has 1 fully saturated rings. The van der Waals surface area contributed by atoms with Crippen LogP contribution in [-0.2, 0) is 6.54 Å². The average molecular weight is 295 g/mol. The van der Waals surface area contributed by atoms with Gasteiger partial charge in [-0.3, -0.25) is 4.90 Å². The molecule has 1 aliphatic rings. The van der Waals surface area contributed by atoms with Crippen LogP contribution in [0.15, 0.2) is 34.9 Å². The standard InChI is InChI=1S/C16H22N2O.ClH/c17-8-7-13-4-3-9-18(10-13)11-14-12-19-16-6-2-1-5-15(14)16;/h1-2,5-6,12-13H,3-4,7-11,17H2;1H. The Morgan fingerprint density at radius 3 is 3.00 bits per heavy atom. The van der Waals surface area contributed by atoms with E-state index in [2.05, 4.69) is 17.0 Å². The molecule has 0 spiro atoms. The molecule has 110 valence electrons. The molecular weight excluding hydrogens is 272 g/mol. The van der Waals surface area contributed by atoms with E-state index in [9.17, 15) is 0 Å². The van der Waals surface area contributed by atoms with Gasteiger partial charge in [-0.2, -0.15) is 0 Å². The Morgan fingerprint density at radius 2 is 2.15 bits per heavy atom. The van der Waals surface area contributed by atoms with Crippen molar-refractivity contribution in [3.63, 3.8) is 0 Å². The number of nitrogens with zero attached hydrogens (tertiary/aromatic N) is 1. The number of fused-ring (bicyclic) bond motifs is 1. The molecule has 1 unspecified atom stereocenters. The molecule has 1 aromatic heterocycles. The summed E-state index contributed by atoms with van der Waals surface area (Å²) in [6.45, 7) is 4.18. The van der Waals surface area contributed by atoms with Gasteiger partial charge >= 0.3 is 0 Å². The van der Waals surface area contributed by atoms with Crippen molar-refractivity contribution in [2.75, 3.05) is 19.6 Å². The molecule has 20 heavy (non-hydrogen) atoms. The number of furan rings is 1. The van der Waals surface area contributed by atoms with Gasteiger partial charge < -0.3 is 10.2 Å². The fraction of sp³-hybridized carbons (Fsp3) is 0.500. The highest BCUT2D eigenvalue weighted by atomic mass is 35.5. The van der Waals surface area contributed by atoms with Gasteiger partial charge in [0.05, 0.1) is 6.26 Å². The minimum atomic E-state index is 0. The second-order valence-electron chi connectivity index (χ2n) is 5.58. The SMILES string of the molecule is Cl.NCCC1CCCN(Cc2coc3ccccc23)C1. The van der Waals surface area contributed by atoms with Crippen LogP contribution in [0.2, 0.25) is 0 Å². The molecule has 2 aromatic rings. The molecule has 2 N–H and O–H groups in total. The number of para-hydroxylation sites is 1. The molecule has 3 nitrogen and oxygen atoms in total. The van der Waals surface area contributed by atoms with Crippen LogP contribution in [0.5, 0.6) is 0 Å². The van der Waals surface area contributed by atoms with Crippen LogP contribution in [0.4, 0.5) is 0 Å². The van der Waals surface area contributed by atoms with Crippen molar-refractivity contribution in [1.82, 2.24) is 4.90 Å². The van der Waals surface area contributed by atoms with E-state index in [1.165, 1.54) is 36.9 Å². The van der Waals surface area contributed by atoms with E-state index < -0.39 is 0 Å². The molecule has 0 radical (unpaired) electrons. The summed E-state index contributed by atoms with van der Waals surface area (Å²) in [4.78, 5) is 2.54. The lowest BCUT2D eigenvalue weighted by molar-refractivity contribution is 0.163. The van der Waals surface area contributed by atoms with Crippen molar-refractivity contribution < 1.29 is 4.42 Å². The smallest absolute Gasteiger partial charge is 0.134 e. The second-order valence-corrected chi connectivity index (χ2v) is 5.58. The third-order valence-corrected chi connectivity index (χ3v) is 4.13. The number of piperidine rings is 1. The number of benzene rings is 1. The molecule has 2 heterocycles. The fourth-order valence-electron chi connectivity index (χ4n) is 3.16. The third kappa shape index (κ3) is 3.35. The van der Waals surface area contributed by atoms with Crippen LogP contribution in [0, 0.1) is 5.92 Å². The third-order valence-electron chi connectivity index (χ3n) is 4.13. The lowest BCUT2D eigenvalue weighted by atomic mass is 9.94. The highest BCUT2D eigenvalue weighted by molar-refractivity contribution is 5.85. The van der Waals surface area contributed by atoms with Gasteiger partial charge in [0.15, 0.2) is 0 Å². The first-order valence-corrected chi connectivity index (χ1v) is 7.24. The Kier molecular flexibility index (Phi) is 5.46. The quantitative estimate of drug-likeness (QED) is 0.939. The summed E-state index contributed by atoms with van der Waals surface area (Å²) in [7, 11) is 0. The summed E-state index contributed by atoms with van der Waals surface area (Å²) in [5.41, 5.74) is 7.98. The highest BCUT2D eigenvalue weighted by Crippen LogP contribution is 2.25. The molecule has 4 heteroatoms. The van der Waals surface area contributed by atoms with Crippen molar-refractivity contribution >= 4 is 23.4 Å². The summed E-state index contributed by atoms with van der Waals surface area (Å²) in [6, 6.07) is 8.28. The van der Waals surface area contributed by atoms with Gasteiger partial charge in [0.1, 0.15) is 5.58 Å². The molecule has 0 bridgehead atoms. The Labute approximate surface area is 126 Å². The van der Waals surface area contributed by atoms with E-state index >= 15 is 0 Å². The van der Waals surface area contributed by atoms with E-state index in [1.807, 2.05) is 18.4 Å². The lowest BCUT2D eigenvalue weighted by Gasteiger charge is -2.32. The summed E-state index contributed by atoms with van der Waals surface area (Å²) in [5.74, 6) is 0.775. The first kappa shape index (κ1) is 15.4. The minimum absolute atomic E-state index is 0. The number of rotatable bonds is 4. The van der Waals surface area contributed by atoms with Crippen LogP contribution in [0.25, 0.3) is 11.0 Å². The van der Waals surface area contributed by atoms with Gasteiger partial charge in [-0.05, 0) is 44.3 Å². The van der Waals surface area contributed by atoms with E-state index in [0.29, 0.717) is 0 Å². The van der Waals surface area contributed by atoms with Crippen LogP contribution in [0.3, 0.4) is 0 Å². The number of nitrogens with two attached hydrogens (primary N) is 1. The highest BCUT2D eigenvalue weighted by Gasteiger charge is 2.20. The van der Waals surface area contributed by atoms with Crippen LogP contribution < -0.4 is 5.73 Å². The lowest BCUT2D eigenvalue weighted by Crippen LogP contribution is -2.35. The number of halogens is 1. The Bertz CT molecular complexity index is 538. The summed E-state index contributed by atoms with van der Waals surface area (Å²) in [6.07, 6.45) is 5.69. The first-order chi connectivity index (χ1) is 9.36. The maximum Gasteiger partial charge on any atom is 0.134 e. The molecule has 0 amide bonds. The number of hydrogen-bond donors (Lipinski definition) is 1. The molecule has 0 saturated carbocycles. The van der Waals surface area contributed by atoms with Gasteiger partial charge in [0.2, 0.25) is 0 Å². The molecule has 1 saturated heterocycles. The van der Waals surface area contributed by atoms with Crippen LogP contribution in [0.1, 0.15) is 24.8 Å². The number of hydrogen-bond acceptors (Lipinski definition) is 3. The summed E-state index contributed by atoms with van der Waals surface area (Å²) < 4.78 is 5.62. The minimum Gasteiger partial charge on any atom is -0.464 e. The summed E-state index contributed by atoms with van der Waals surface area (Å²) in [5, 5.41) is 1.25. The Morgan fingerprint density at radius 1 is 1.30 bits per heavy atom. The van der Waals surface area contributed by atoms with Gasteiger partial charge in [0.25, 0.3) is 0 Å². The van der Waals surface area contributed by atoms with E-state index in [-0.39, 0.29) is 12.4 Å². The molecular formula is C16H23ClN2O. The van der Waals surface area contributed by atoms with Gasteiger partial charge in [0, 0.05) is 24.0 Å². The zero-order valence-corrected chi connectivity index (χ0v) is 12.6. The van der Waals surface area contributed by atoms with E-state index in [0.717, 1.165) is 31.0 Å². The predicted octanol–water partition coefficient (Wildman–Crippen LogP) is 3.42. The maximum absolute atomic E-state index is 5.68. The van der Waals surface area contributed by atoms with Crippen molar-refractivity contribution in [3.05, 3.63) is 36.1 Å². The van der Waals surface area contributed by atoms with Crippen molar-refractivity contribution in [2.24, 2.45) is 11.7 Å².